The van der Waals surface area contributed by atoms with Gasteiger partial charge in [0.25, 0.3) is 0 Å². The van der Waals surface area contributed by atoms with Gasteiger partial charge >= 0.3 is 0 Å². The van der Waals surface area contributed by atoms with Gasteiger partial charge in [0.15, 0.2) is 0 Å². The maximum Gasteiger partial charge on any atom is 0.0730 e. The van der Waals surface area contributed by atoms with Crippen molar-refractivity contribution in [3.8, 4) is 0 Å². The van der Waals surface area contributed by atoms with Crippen molar-refractivity contribution in [1.82, 2.24) is 4.98 Å². The number of unbranched alkanes of at least 4 members (excludes halogenated alkanes) is 2. The van der Waals surface area contributed by atoms with Gasteiger partial charge in [0.05, 0.1) is 11.0 Å². The molecule has 0 saturated carbocycles. The van der Waals surface area contributed by atoms with Crippen LogP contribution in [0.25, 0.3) is 21.8 Å². The Labute approximate surface area is 125 Å². The molecular formula is C18H21N3. The van der Waals surface area contributed by atoms with Gasteiger partial charge in [0.1, 0.15) is 0 Å². The zero-order valence-electron chi connectivity index (χ0n) is 12.2. The summed E-state index contributed by atoms with van der Waals surface area (Å²) in [5, 5.41) is 2.20. The van der Waals surface area contributed by atoms with Gasteiger partial charge < -0.3 is 11.5 Å². The van der Waals surface area contributed by atoms with Crippen LogP contribution in [-0.4, -0.2) is 11.5 Å². The number of rotatable bonds is 5. The van der Waals surface area contributed by atoms with E-state index in [0.29, 0.717) is 0 Å². The lowest BCUT2D eigenvalue weighted by molar-refractivity contribution is 0.687. The number of nitrogen functional groups attached to an aromatic ring is 1. The van der Waals surface area contributed by atoms with Crippen LogP contribution in [0.5, 0.6) is 0 Å². The predicted molar refractivity (Wildman–Crippen MR) is 90.3 cm³/mol. The lowest BCUT2D eigenvalue weighted by Gasteiger charge is -2.10. The lowest BCUT2D eigenvalue weighted by atomic mass is 10.0. The highest BCUT2D eigenvalue weighted by atomic mass is 14.7. The molecule has 0 atom stereocenters. The number of pyridine rings is 1. The third kappa shape index (κ3) is 2.83. The summed E-state index contributed by atoms with van der Waals surface area (Å²) < 4.78 is 0. The smallest absolute Gasteiger partial charge is 0.0730 e. The third-order valence-electron chi connectivity index (χ3n) is 3.98. The summed E-state index contributed by atoms with van der Waals surface area (Å²) >= 11 is 0. The topological polar surface area (TPSA) is 64.9 Å². The van der Waals surface area contributed by atoms with Crippen molar-refractivity contribution in [3.63, 3.8) is 0 Å². The Kier molecular flexibility index (Phi) is 4.02. The Morgan fingerprint density at radius 2 is 1.76 bits per heavy atom. The molecule has 0 aliphatic heterocycles. The molecule has 1 heterocycles. The molecule has 4 N–H and O–H groups in total. The highest BCUT2D eigenvalue weighted by Crippen LogP contribution is 2.28. The van der Waals surface area contributed by atoms with E-state index in [2.05, 4.69) is 24.3 Å². The van der Waals surface area contributed by atoms with E-state index in [-0.39, 0.29) is 0 Å². The first-order chi connectivity index (χ1) is 10.3. The molecule has 3 aromatic rings. The summed E-state index contributed by atoms with van der Waals surface area (Å²) in [5.41, 5.74) is 16.0. The quantitative estimate of drug-likeness (QED) is 0.426. The molecule has 0 aliphatic carbocycles. The van der Waals surface area contributed by atoms with Crippen molar-refractivity contribution in [2.24, 2.45) is 5.73 Å². The Hall–Kier alpha value is -2.13. The molecule has 0 bridgehead atoms. The van der Waals surface area contributed by atoms with E-state index in [1.54, 1.807) is 0 Å². The summed E-state index contributed by atoms with van der Waals surface area (Å²) in [6.07, 6.45) is 4.38. The number of nitrogens with zero attached hydrogens (tertiary/aromatic N) is 1. The molecule has 1 aromatic heterocycles. The van der Waals surface area contributed by atoms with Gasteiger partial charge in [-0.25, -0.2) is 4.98 Å². The van der Waals surface area contributed by atoms with Crippen molar-refractivity contribution in [2.75, 3.05) is 12.3 Å². The molecule has 0 aliphatic rings. The van der Waals surface area contributed by atoms with Gasteiger partial charge in [-0.05, 0) is 49.6 Å². The number of para-hydroxylation sites is 1. The Morgan fingerprint density at radius 1 is 0.905 bits per heavy atom. The van der Waals surface area contributed by atoms with Crippen LogP contribution < -0.4 is 11.5 Å². The minimum absolute atomic E-state index is 0.767. The number of aromatic nitrogens is 1. The maximum absolute atomic E-state index is 6.36. The van der Waals surface area contributed by atoms with Crippen LogP contribution >= 0.6 is 0 Å². The first-order valence-electron chi connectivity index (χ1n) is 7.56. The number of fused-ring (bicyclic) bond motifs is 2. The lowest BCUT2D eigenvalue weighted by Crippen LogP contribution is -2.00. The van der Waals surface area contributed by atoms with E-state index in [1.165, 1.54) is 5.56 Å². The van der Waals surface area contributed by atoms with E-state index in [4.69, 9.17) is 16.5 Å². The molecule has 0 radical (unpaired) electrons. The fourth-order valence-corrected chi connectivity index (χ4v) is 2.77. The molecule has 0 saturated heterocycles. The first kappa shape index (κ1) is 13.8. The molecule has 0 amide bonds. The van der Waals surface area contributed by atoms with Crippen LogP contribution in [0.2, 0.25) is 0 Å². The fraction of sp³-hybridized carbons (Fsp3) is 0.278. The zero-order chi connectivity index (χ0) is 14.7. The highest BCUT2D eigenvalue weighted by Gasteiger charge is 2.07. The van der Waals surface area contributed by atoms with Gasteiger partial charge in [0.2, 0.25) is 0 Å². The minimum atomic E-state index is 0.767. The van der Waals surface area contributed by atoms with E-state index >= 15 is 0 Å². The van der Waals surface area contributed by atoms with Crippen LogP contribution in [0.15, 0.2) is 42.5 Å². The normalized spacial score (nSPS) is 11.3. The number of nitrogens with two attached hydrogens (primary N) is 2. The summed E-state index contributed by atoms with van der Waals surface area (Å²) in [7, 11) is 0. The number of benzene rings is 2. The number of hydrogen-bond donors (Lipinski definition) is 2. The van der Waals surface area contributed by atoms with Crippen LogP contribution in [0, 0.1) is 0 Å². The summed E-state index contributed by atoms with van der Waals surface area (Å²) in [6, 6.07) is 14.5. The van der Waals surface area contributed by atoms with E-state index in [9.17, 15) is 0 Å². The fourth-order valence-electron chi connectivity index (χ4n) is 2.77. The molecular weight excluding hydrogens is 258 g/mol. The van der Waals surface area contributed by atoms with Gasteiger partial charge in [-0.2, -0.15) is 0 Å². The molecule has 3 rings (SSSR count). The second-order valence-corrected chi connectivity index (χ2v) is 5.49. The number of anilines is 1. The molecule has 0 fully saturated rings. The number of hydrogen-bond acceptors (Lipinski definition) is 3. The number of aryl methyl sites for hydroxylation is 1. The van der Waals surface area contributed by atoms with Crippen molar-refractivity contribution in [1.29, 1.82) is 0 Å². The Morgan fingerprint density at radius 3 is 2.62 bits per heavy atom. The molecule has 3 heteroatoms. The maximum atomic E-state index is 6.36. The molecule has 0 unspecified atom stereocenters. The van der Waals surface area contributed by atoms with Crippen molar-refractivity contribution >= 4 is 27.5 Å². The van der Waals surface area contributed by atoms with Gasteiger partial charge in [-0.15, -0.1) is 0 Å². The van der Waals surface area contributed by atoms with Crippen LogP contribution in [-0.2, 0) is 6.42 Å². The van der Waals surface area contributed by atoms with Crippen LogP contribution in [0.4, 0.5) is 5.69 Å². The monoisotopic (exact) mass is 279 g/mol. The highest BCUT2D eigenvalue weighted by molar-refractivity contribution is 5.99. The molecule has 0 spiro atoms. The molecule has 108 valence electrons. The molecule has 2 aromatic carbocycles. The third-order valence-corrected chi connectivity index (χ3v) is 3.98. The second-order valence-electron chi connectivity index (χ2n) is 5.49. The Bertz CT molecular complexity index is 765. The average Bonchev–Trinajstić information content (AvgIpc) is 2.52. The van der Waals surface area contributed by atoms with Crippen molar-refractivity contribution in [3.05, 3.63) is 48.0 Å². The average molecular weight is 279 g/mol. The minimum Gasteiger partial charge on any atom is -0.398 e. The SMILES string of the molecule is NCCCCCc1ccc2nc3ccccc3cc2c1N. The van der Waals surface area contributed by atoms with Crippen LogP contribution in [0.3, 0.4) is 0 Å². The van der Waals surface area contributed by atoms with Gasteiger partial charge in [-0.1, -0.05) is 30.7 Å². The van der Waals surface area contributed by atoms with E-state index in [1.807, 2.05) is 18.2 Å². The van der Waals surface area contributed by atoms with E-state index < -0.39 is 0 Å². The van der Waals surface area contributed by atoms with Crippen molar-refractivity contribution < 1.29 is 0 Å². The second kappa shape index (κ2) is 6.10. The van der Waals surface area contributed by atoms with Gasteiger partial charge in [-0.3, -0.25) is 0 Å². The van der Waals surface area contributed by atoms with Crippen molar-refractivity contribution in [2.45, 2.75) is 25.7 Å². The summed E-state index contributed by atoms with van der Waals surface area (Å²) in [4.78, 5) is 4.69. The standard InChI is InChI=1S/C18H21N3/c19-11-5-1-2-6-13-9-10-17-15(18(13)20)12-14-7-3-4-8-16(14)21-17/h3-4,7-10,12H,1-2,5-6,11,19-20H2. The van der Waals surface area contributed by atoms with Crippen LogP contribution in [0.1, 0.15) is 24.8 Å². The van der Waals surface area contributed by atoms with E-state index in [0.717, 1.165) is 59.7 Å². The zero-order valence-corrected chi connectivity index (χ0v) is 12.2. The predicted octanol–water partition coefficient (Wildman–Crippen LogP) is 3.64. The summed E-state index contributed by atoms with van der Waals surface area (Å²) in [5.74, 6) is 0. The molecule has 3 nitrogen and oxygen atoms in total. The first-order valence-corrected chi connectivity index (χ1v) is 7.56. The largest absolute Gasteiger partial charge is 0.398 e. The molecule has 21 heavy (non-hydrogen) atoms. The van der Waals surface area contributed by atoms with Gasteiger partial charge in [0, 0.05) is 16.5 Å². The Balaban J connectivity index is 1.97. The summed E-state index contributed by atoms with van der Waals surface area (Å²) in [6.45, 7) is 0.767.